The molecule has 0 aromatic rings. The minimum atomic E-state index is -0.781. The number of carbonyl (C=O) groups excluding carboxylic acids is 3. The fourth-order valence-corrected chi connectivity index (χ4v) is 1.14. The lowest BCUT2D eigenvalue weighted by Crippen LogP contribution is -2.36. The number of carbonyl (C=O) groups is 3. The molecule has 1 aliphatic heterocycles. The van der Waals surface area contributed by atoms with Crippen molar-refractivity contribution < 1.29 is 24.0 Å². The van der Waals surface area contributed by atoms with Gasteiger partial charge in [0.25, 0.3) is 11.8 Å². The van der Waals surface area contributed by atoms with Crippen LogP contribution in [0.25, 0.3) is 0 Å². The average Bonchev–Trinajstić information content (AvgIpc) is 2.63. The molecule has 6 heteroatoms. The summed E-state index contributed by atoms with van der Waals surface area (Å²) in [4.78, 5) is 38.1. The number of nitrogens with zero attached hydrogens (tertiary/aromatic N) is 1. The van der Waals surface area contributed by atoms with Crippen molar-refractivity contribution in [3.05, 3.63) is 0 Å². The molecule has 0 saturated carbocycles. The highest BCUT2D eigenvalue weighted by Gasteiger charge is 2.34. The lowest BCUT2D eigenvalue weighted by Gasteiger charge is -2.15. The van der Waals surface area contributed by atoms with Crippen LogP contribution in [0.4, 0.5) is 0 Å². The maximum Gasteiger partial charge on any atom is 0.361 e. The van der Waals surface area contributed by atoms with Gasteiger partial charge in [-0.25, -0.2) is 4.79 Å². The number of rotatable bonds is 4. The van der Waals surface area contributed by atoms with E-state index in [0.29, 0.717) is 11.7 Å². The molecule has 1 saturated heterocycles. The van der Waals surface area contributed by atoms with Crippen LogP contribution in [0.2, 0.25) is 0 Å². The molecule has 2 amide bonds. The van der Waals surface area contributed by atoms with Crippen molar-refractivity contribution in [2.24, 2.45) is 0 Å². The second kappa shape index (κ2) is 7.78. The van der Waals surface area contributed by atoms with Crippen molar-refractivity contribution in [3.8, 4) is 0 Å². The molecule has 0 bridgehead atoms. The zero-order chi connectivity index (χ0) is 13.4. The van der Waals surface area contributed by atoms with Crippen LogP contribution in [0.5, 0.6) is 0 Å². The van der Waals surface area contributed by atoms with Crippen molar-refractivity contribution >= 4 is 17.8 Å². The summed E-state index contributed by atoms with van der Waals surface area (Å²) < 4.78 is 4.96. The second-order valence-corrected chi connectivity index (χ2v) is 3.09. The smallest absolute Gasteiger partial charge is 0.361 e. The Labute approximate surface area is 101 Å². The summed E-state index contributed by atoms with van der Waals surface area (Å²) in [5.41, 5.74) is 0. The van der Waals surface area contributed by atoms with Crippen LogP contribution in [0, 0.1) is 0 Å². The van der Waals surface area contributed by atoms with Gasteiger partial charge in [0.15, 0.2) is 6.10 Å². The SMILES string of the molecule is CC.CCOC(C)C(=O)ON1C(=O)CCC1=O. The highest BCUT2D eigenvalue weighted by atomic mass is 16.7. The summed E-state index contributed by atoms with van der Waals surface area (Å²) >= 11 is 0. The third-order valence-corrected chi connectivity index (χ3v) is 1.94. The Morgan fingerprint density at radius 3 is 2.18 bits per heavy atom. The molecule has 0 aromatic heterocycles. The fourth-order valence-electron chi connectivity index (χ4n) is 1.14. The summed E-state index contributed by atoms with van der Waals surface area (Å²) in [5, 5.41) is 0.512. The van der Waals surface area contributed by atoms with Crippen molar-refractivity contribution in [2.75, 3.05) is 6.61 Å². The van der Waals surface area contributed by atoms with Gasteiger partial charge < -0.3 is 9.57 Å². The zero-order valence-corrected chi connectivity index (χ0v) is 10.7. The van der Waals surface area contributed by atoms with Gasteiger partial charge in [0.1, 0.15) is 0 Å². The number of hydrogen-bond acceptors (Lipinski definition) is 5. The standard InChI is InChI=1S/C9H13NO5.C2H6/c1-3-14-6(2)9(13)15-10-7(11)4-5-8(10)12;1-2/h6H,3-5H2,1-2H3;1-2H3. The largest absolute Gasteiger partial charge is 0.367 e. The Balaban J connectivity index is 0.00000121. The first-order chi connectivity index (χ1) is 8.06. The van der Waals surface area contributed by atoms with Crippen molar-refractivity contribution in [1.82, 2.24) is 5.06 Å². The lowest BCUT2D eigenvalue weighted by molar-refractivity contribution is -0.204. The van der Waals surface area contributed by atoms with E-state index >= 15 is 0 Å². The molecule has 0 aromatic carbocycles. The van der Waals surface area contributed by atoms with Gasteiger partial charge in [-0.05, 0) is 13.8 Å². The number of amides is 2. The molecular weight excluding hydrogens is 226 g/mol. The fraction of sp³-hybridized carbons (Fsp3) is 0.727. The third-order valence-electron chi connectivity index (χ3n) is 1.94. The van der Waals surface area contributed by atoms with Crippen LogP contribution in [-0.4, -0.2) is 35.6 Å². The Hall–Kier alpha value is -1.43. The molecule has 0 radical (unpaired) electrons. The minimum Gasteiger partial charge on any atom is -0.367 e. The maximum absolute atomic E-state index is 11.3. The molecule has 0 aliphatic carbocycles. The highest BCUT2D eigenvalue weighted by Crippen LogP contribution is 2.12. The maximum atomic E-state index is 11.3. The summed E-state index contributed by atoms with van der Waals surface area (Å²) in [6.07, 6.45) is -0.597. The Morgan fingerprint density at radius 1 is 1.29 bits per heavy atom. The molecule has 1 aliphatic rings. The van der Waals surface area contributed by atoms with E-state index in [1.807, 2.05) is 13.8 Å². The van der Waals surface area contributed by atoms with E-state index in [1.54, 1.807) is 6.92 Å². The van der Waals surface area contributed by atoms with Gasteiger partial charge in [-0.2, -0.15) is 0 Å². The molecule has 1 unspecified atom stereocenters. The van der Waals surface area contributed by atoms with Gasteiger partial charge in [-0.1, -0.05) is 13.8 Å². The molecule has 1 atom stereocenters. The van der Waals surface area contributed by atoms with Gasteiger partial charge in [0, 0.05) is 19.4 Å². The van der Waals surface area contributed by atoms with Gasteiger partial charge in [0.2, 0.25) is 0 Å². The summed E-state index contributed by atoms with van der Waals surface area (Å²) in [5.74, 6) is -1.71. The first-order valence-electron chi connectivity index (χ1n) is 5.75. The molecule has 98 valence electrons. The minimum absolute atomic E-state index is 0.0924. The Bertz CT molecular complexity index is 274. The van der Waals surface area contributed by atoms with Gasteiger partial charge >= 0.3 is 5.97 Å². The van der Waals surface area contributed by atoms with E-state index in [1.165, 1.54) is 6.92 Å². The summed E-state index contributed by atoms with van der Waals surface area (Å²) in [6, 6.07) is 0. The summed E-state index contributed by atoms with van der Waals surface area (Å²) in [7, 11) is 0. The molecule has 17 heavy (non-hydrogen) atoms. The van der Waals surface area contributed by atoms with Crippen LogP contribution in [0.3, 0.4) is 0 Å². The predicted octanol–water partition coefficient (Wildman–Crippen LogP) is 1.04. The van der Waals surface area contributed by atoms with Crippen molar-refractivity contribution in [2.45, 2.75) is 46.6 Å². The summed E-state index contributed by atoms with van der Waals surface area (Å²) in [6.45, 7) is 7.59. The zero-order valence-electron chi connectivity index (χ0n) is 10.7. The van der Waals surface area contributed by atoms with Crippen LogP contribution >= 0.6 is 0 Å². The van der Waals surface area contributed by atoms with Gasteiger partial charge in [-0.15, -0.1) is 5.06 Å². The van der Waals surface area contributed by atoms with E-state index in [4.69, 9.17) is 4.74 Å². The molecule has 0 spiro atoms. The van der Waals surface area contributed by atoms with Crippen LogP contribution in [0.1, 0.15) is 40.5 Å². The van der Waals surface area contributed by atoms with Crippen LogP contribution in [0.15, 0.2) is 0 Å². The van der Waals surface area contributed by atoms with Crippen molar-refractivity contribution in [3.63, 3.8) is 0 Å². The third kappa shape index (κ3) is 4.52. The molecule has 1 fully saturated rings. The first kappa shape index (κ1) is 15.6. The molecule has 6 nitrogen and oxygen atoms in total. The van der Waals surface area contributed by atoms with Crippen LogP contribution in [-0.2, 0) is 24.0 Å². The Morgan fingerprint density at radius 2 is 1.76 bits per heavy atom. The van der Waals surface area contributed by atoms with E-state index in [-0.39, 0.29) is 12.8 Å². The average molecular weight is 245 g/mol. The van der Waals surface area contributed by atoms with Crippen LogP contribution < -0.4 is 0 Å². The first-order valence-corrected chi connectivity index (χ1v) is 5.75. The second-order valence-electron chi connectivity index (χ2n) is 3.09. The van der Waals surface area contributed by atoms with Gasteiger partial charge in [-0.3, -0.25) is 9.59 Å². The number of ether oxygens (including phenoxy) is 1. The van der Waals surface area contributed by atoms with Crippen molar-refractivity contribution in [1.29, 1.82) is 0 Å². The number of hydrogen-bond donors (Lipinski definition) is 0. The monoisotopic (exact) mass is 245 g/mol. The number of hydroxylamine groups is 2. The van der Waals surface area contributed by atoms with E-state index in [0.717, 1.165) is 0 Å². The van der Waals surface area contributed by atoms with E-state index in [9.17, 15) is 14.4 Å². The molecule has 0 N–H and O–H groups in total. The van der Waals surface area contributed by atoms with E-state index in [2.05, 4.69) is 4.84 Å². The van der Waals surface area contributed by atoms with E-state index < -0.39 is 23.9 Å². The normalized spacial score (nSPS) is 16.4. The Kier molecular flexibility index (Phi) is 7.13. The topological polar surface area (TPSA) is 72.9 Å². The molecule has 1 rings (SSSR count). The predicted molar refractivity (Wildman–Crippen MR) is 59.6 cm³/mol. The lowest BCUT2D eigenvalue weighted by atomic mass is 10.4. The molecule has 1 heterocycles. The molecular formula is C11H19NO5. The van der Waals surface area contributed by atoms with Gasteiger partial charge in [0.05, 0.1) is 0 Å². The highest BCUT2D eigenvalue weighted by molar-refractivity contribution is 6.01. The number of imide groups is 1. The quantitative estimate of drug-likeness (QED) is 0.692.